The molecule has 2 amide bonds. The van der Waals surface area contributed by atoms with Gasteiger partial charge in [0.1, 0.15) is 0 Å². The molecule has 0 saturated heterocycles. The average Bonchev–Trinajstić information content (AvgIpc) is 2.68. The second-order valence-corrected chi connectivity index (χ2v) is 8.15. The third-order valence-electron chi connectivity index (χ3n) is 4.77. The Labute approximate surface area is 174 Å². The zero-order valence-electron chi connectivity index (χ0n) is 18.1. The predicted molar refractivity (Wildman–Crippen MR) is 119 cm³/mol. The largest absolute Gasteiger partial charge is 0.355 e. The van der Waals surface area contributed by atoms with Crippen LogP contribution in [0.1, 0.15) is 55.2 Å². The van der Waals surface area contributed by atoms with Crippen molar-refractivity contribution >= 4 is 17.5 Å². The Bertz CT molecular complexity index is 813. The van der Waals surface area contributed by atoms with Gasteiger partial charge in [0.05, 0.1) is 6.54 Å². The average molecular weight is 396 g/mol. The number of hydrogen-bond donors (Lipinski definition) is 3. The SMILES string of the molecule is CNC(=O)c1cccc(NC(=O)CN[C@@H](c2ccc(CC(C)C)cc2)C(C)C)c1. The summed E-state index contributed by atoms with van der Waals surface area (Å²) in [5, 5.41) is 8.81. The van der Waals surface area contributed by atoms with Crippen molar-refractivity contribution in [1.82, 2.24) is 10.6 Å². The van der Waals surface area contributed by atoms with E-state index in [1.807, 2.05) is 0 Å². The van der Waals surface area contributed by atoms with E-state index in [-0.39, 0.29) is 24.4 Å². The van der Waals surface area contributed by atoms with Gasteiger partial charge in [0, 0.05) is 24.3 Å². The van der Waals surface area contributed by atoms with E-state index >= 15 is 0 Å². The van der Waals surface area contributed by atoms with Crippen molar-refractivity contribution in [3.05, 3.63) is 65.2 Å². The Hall–Kier alpha value is -2.66. The van der Waals surface area contributed by atoms with Crippen molar-refractivity contribution in [3.63, 3.8) is 0 Å². The molecule has 0 unspecified atom stereocenters. The van der Waals surface area contributed by atoms with Gasteiger partial charge in [0.25, 0.3) is 5.91 Å². The lowest BCUT2D eigenvalue weighted by Crippen LogP contribution is -2.33. The summed E-state index contributed by atoms with van der Waals surface area (Å²) in [5.74, 6) is 0.655. The Balaban J connectivity index is 1.98. The van der Waals surface area contributed by atoms with Crippen LogP contribution >= 0.6 is 0 Å². The van der Waals surface area contributed by atoms with E-state index in [0.29, 0.717) is 23.1 Å². The standard InChI is InChI=1S/C24H33N3O2/c1-16(2)13-18-9-11-19(12-10-18)23(17(3)4)26-15-22(28)27-21-8-6-7-20(14-21)24(29)25-5/h6-12,14,16-17,23,26H,13,15H2,1-5H3,(H,25,29)(H,27,28)/t23-/m1/s1. The number of rotatable bonds is 9. The number of carbonyl (C=O) groups is 2. The Morgan fingerprint density at radius 2 is 1.66 bits per heavy atom. The van der Waals surface area contributed by atoms with Crippen molar-refractivity contribution in [1.29, 1.82) is 0 Å². The third-order valence-corrected chi connectivity index (χ3v) is 4.77. The summed E-state index contributed by atoms with van der Waals surface area (Å²) in [7, 11) is 1.58. The molecule has 29 heavy (non-hydrogen) atoms. The molecule has 156 valence electrons. The molecule has 2 rings (SSSR count). The zero-order chi connectivity index (χ0) is 21.4. The number of nitrogens with one attached hydrogen (secondary N) is 3. The van der Waals surface area contributed by atoms with Crippen LogP contribution in [0.25, 0.3) is 0 Å². The van der Waals surface area contributed by atoms with E-state index in [2.05, 4.69) is 67.9 Å². The second-order valence-electron chi connectivity index (χ2n) is 8.15. The lowest BCUT2D eigenvalue weighted by Gasteiger charge is -2.23. The van der Waals surface area contributed by atoms with Crippen molar-refractivity contribution in [2.45, 2.75) is 40.2 Å². The van der Waals surface area contributed by atoms with E-state index in [9.17, 15) is 9.59 Å². The van der Waals surface area contributed by atoms with E-state index in [4.69, 9.17) is 0 Å². The van der Waals surface area contributed by atoms with Gasteiger partial charge in [-0.05, 0) is 47.6 Å². The molecule has 0 aliphatic carbocycles. The van der Waals surface area contributed by atoms with Crippen molar-refractivity contribution in [2.75, 3.05) is 18.9 Å². The van der Waals surface area contributed by atoms with Gasteiger partial charge < -0.3 is 16.0 Å². The van der Waals surface area contributed by atoms with Gasteiger partial charge >= 0.3 is 0 Å². The highest BCUT2D eigenvalue weighted by atomic mass is 16.2. The maximum absolute atomic E-state index is 12.4. The summed E-state index contributed by atoms with van der Waals surface area (Å²) >= 11 is 0. The van der Waals surface area contributed by atoms with Crippen LogP contribution in [0.15, 0.2) is 48.5 Å². The van der Waals surface area contributed by atoms with E-state index < -0.39 is 0 Å². The summed E-state index contributed by atoms with van der Waals surface area (Å²) in [6.45, 7) is 8.92. The minimum atomic E-state index is -0.181. The zero-order valence-corrected chi connectivity index (χ0v) is 18.1. The van der Waals surface area contributed by atoms with E-state index in [1.54, 1.807) is 31.3 Å². The topological polar surface area (TPSA) is 70.2 Å². The number of anilines is 1. The fourth-order valence-electron chi connectivity index (χ4n) is 3.36. The normalized spacial score (nSPS) is 12.1. The first-order valence-electron chi connectivity index (χ1n) is 10.2. The minimum Gasteiger partial charge on any atom is -0.355 e. The Kier molecular flexibility index (Phi) is 8.40. The highest BCUT2D eigenvalue weighted by Gasteiger charge is 2.17. The van der Waals surface area contributed by atoms with Crippen LogP contribution in [0.5, 0.6) is 0 Å². The van der Waals surface area contributed by atoms with Crippen LogP contribution < -0.4 is 16.0 Å². The van der Waals surface area contributed by atoms with E-state index in [1.165, 1.54) is 11.1 Å². The monoisotopic (exact) mass is 395 g/mol. The molecule has 5 heteroatoms. The molecule has 0 bridgehead atoms. The van der Waals surface area contributed by atoms with Crippen LogP contribution in [-0.2, 0) is 11.2 Å². The summed E-state index contributed by atoms with van der Waals surface area (Å²) in [6, 6.07) is 15.7. The molecule has 3 N–H and O–H groups in total. The lowest BCUT2D eigenvalue weighted by molar-refractivity contribution is -0.115. The first-order valence-corrected chi connectivity index (χ1v) is 10.2. The van der Waals surface area contributed by atoms with Crippen LogP contribution in [-0.4, -0.2) is 25.4 Å². The Morgan fingerprint density at radius 1 is 0.966 bits per heavy atom. The van der Waals surface area contributed by atoms with Crippen LogP contribution in [0.2, 0.25) is 0 Å². The van der Waals surface area contributed by atoms with Gasteiger partial charge in [-0.15, -0.1) is 0 Å². The summed E-state index contributed by atoms with van der Waals surface area (Å²) in [5.41, 5.74) is 3.64. The van der Waals surface area contributed by atoms with Crippen LogP contribution in [0, 0.1) is 11.8 Å². The summed E-state index contributed by atoms with van der Waals surface area (Å²) in [6.07, 6.45) is 1.07. The van der Waals surface area contributed by atoms with Gasteiger partial charge in [-0.3, -0.25) is 9.59 Å². The fourth-order valence-corrected chi connectivity index (χ4v) is 3.36. The number of benzene rings is 2. The molecule has 0 aliphatic heterocycles. The summed E-state index contributed by atoms with van der Waals surface area (Å²) in [4.78, 5) is 24.2. The van der Waals surface area contributed by atoms with Gasteiger partial charge in [-0.1, -0.05) is 58.0 Å². The molecule has 0 spiro atoms. The molecule has 0 radical (unpaired) electrons. The maximum atomic E-state index is 12.4. The highest BCUT2D eigenvalue weighted by Crippen LogP contribution is 2.22. The molecule has 2 aromatic rings. The minimum absolute atomic E-state index is 0.0889. The first-order chi connectivity index (χ1) is 13.8. The molecule has 0 heterocycles. The molecule has 0 saturated carbocycles. The van der Waals surface area contributed by atoms with Gasteiger partial charge in [-0.25, -0.2) is 0 Å². The maximum Gasteiger partial charge on any atom is 0.251 e. The molecule has 5 nitrogen and oxygen atoms in total. The van der Waals surface area contributed by atoms with Crippen molar-refractivity contribution in [3.8, 4) is 0 Å². The lowest BCUT2D eigenvalue weighted by atomic mass is 9.93. The molecular formula is C24H33N3O2. The van der Waals surface area contributed by atoms with E-state index in [0.717, 1.165) is 6.42 Å². The van der Waals surface area contributed by atoms with Crippen molar-refractivity contribution < 1.29 is 9.59 Å². The number of amides is 2. The van der Waals surface area contributed by atoms with Gasteiger partial charge in [0.15, 0.2) is 0 Å². The molecule has 0 aromatic heterocycles. The first kappa shape index (κ1) is 22.6. The number of hydrogen-bond acceptors (Lipinski definition) is 3. The quantitative estimate of drug-likeness (QED) is 0.597. The highest BCUT2D eigenvalue weighted by molar-refractivity contribution is 5.97. The fraction of sp³-hybridized carbons (Fsp3) is 0.417. The molecule has 0 fully saturated rings. The van der Waals surface area contributed by atoms with Crippen LogP contribution in [0.3, 0.4) is 0 Å². The summed E-state index contributed by atoms with van der Waals surface area (Å²) < 4.78 is 0. The Morgan fingerprint density at radius 3 is 2.24 bits per heavy atom. The molecule has 2 aromatic carbocycles. The third kappa shape index (κ3) is 7.02. The van der Waals surface area contributed by atoms with Crippen LogP contribution in [0.4, 0.5) is 5.69 Å². The molecule has 1 atom stereocenters. The van der Waals surface area contributed by atoms with Gasteiger partial charge in [0.2, 0.25) is 5.91 Å². The number of carbonyl (C=O) groups excluding carboxylic acids is 2. The molecule has 0 aliphatic rings. The molecular weight excluding hydrogens is 362 g/mol. The predicted octanol–water partition coefficient (Wildman–Crippen LogP) is 4.17. The second kappa shape index (κ2) is 10.8. The smallest absolute Gasteiger partial charge is 0.251 e. The van der Waals surface area contributed by atoms with Crippen molar-refractivity contribution in [2.24, 2.45) is 11.8 Å². The van der Waals surface area contributed by atoms with Gasteiger partial charge in [-0.2, -0.15) is 0 Å².